The summed E-state index contributed by atoms with van der Waals surface area (Å²) in [4.78, 5) is 24.0. The minimum atomic E-state index is -1.14. The van der Waals surface area contributed by atoms with Crippen molar-refractivity contribution in [3.63, 3.8) is 0 Å². The van der Waals surface area contributed by atoms with Crippen LogP contribution in [-0.2, 0) is 9.59 Å². The van der Waals surface area contributed by atoms with E-state index < -0.39 is 17.9 Å². The van der Waals surface area contributed by atoms with E-state index in [1.807, 2.05) is 0 Å². The molecule has 4 heteroatoms. The third kappa shape index (κ3) is 2.01. The van der Waals surface area contributed by atoms with Gasteiger partial charge in [-0.25, -0.2) is 0 Å². The largest absolute Gasteiger partial charge is 0.383 e. The number of aliphatic hydroxyl groups excluding tert-OH is 1. The standard InChI is InChI=1S/C10H15NO3/c1-3-8(12)10(14)7(2)11-6-4-5-9(11)13/h3,7,10,14H,1,4-6H2,2H3. The Morgan fingerprint density at radius 1 is 1.71 bits per heavy atom. The van der Waals surface area contributed by atoms with Crippen LogP contribution in [0.2, 0.25) is 0 Å². The van der Waals surface area contributed by atoms with E-state index >= 15 is 0 Å². The Morgan fingerprint density at radius 3 is 2.79 bits per heavy atom. The molecule has 78 valence electrons. The first-order valence-electron chi connectivity index (χ1n) is 4.71. The highest BCUT2D eigenvalue weighted by Crippen LogP contribution is 2.16. The minimum Gasteiger partial charge on any atom is -0.383 e. The highest BCUT2D eigenvalue weighted by Gasteiger charge is 2.31. The van der Waals surface area contributed by atoms with E-state index in [0.717, 1.165) is 12.5 Å². The first kappa shape index (κ1) is 10.9. The Bertz CT molecular complexity index is 262. The Morgan fingerprint density at radius 2 is 2.36 bits per heavy atom. The minimum absolute atomic E-state index is 0.00779. The molecule has 1 aliphatic heterocycles. The second kappa shape index (κ2) is 4.37. The van der Waals surface area contributed by atoms with E-state index in [1.54, 1.807) is 11.8 Å². The Hall–Kier alpha value is -1.16. The maximum atomic E-state index is 11.3. The number of carbonyl (C=O) groups is 2. The molecular weight excluding hydrogens is 182 g/mol. The molecule has 1 amide bonds. The fourth-order valence-corrected chi connectivity index (χ4v) is 1.63. The number of aliphatic hydroxyl groups is 1. The van der Waals surface area contributed by atoms with Crippen molar-refractivity contribution in [2.24, 2.45) is 0 Å². The van der Waals surface area contributed by atoms with E-state index in [9.17, 15) is 14.7 Å². The van der Waals surface area contributed by atoms with Crippen molar-refractivity contribution >= 4 is 11.7 Å². The molecule has 0 aromatic rings. The predicted octanol–water partition coefficient (Wildman–Crippen LogP) is 0.113. The highest BCUT2D eigenvalue weighted by molar-refractivity contribution is 5.93. The summed E-state index contributed by atoms with van der Waals surface area (Å²) in [6.07, 6.45) is 1.26. The number of hydrogen-bond acceptors (Lipinski definition) is 3. The fourth-order valence-electron chi connectivity index (χ4n) is 1.63. The van der Waals surface area contributed by atoms with Crippen molar-refractivity contribution in [2.45, 2.75) is 31.9 Å². The number of likely N-dealkylation sites (tertiary alicyclic amines) is 1. The summed E-state index contributed by atoms with van der Waals surface area (Å²) >= 11 is 0. The molecule has 2 atom stereocenters. The van der Waals surface area contributed by atoms with Gasteiger partial charge < -0.3 is 10.0 Å². The molecule has 1 saturated heterocycles. The van der Waals surface area contributed by atoms with E-state index in [0.29, 0.717) is 13.0 Å². The van der Waals surface area contributed by atoms with E-state index in [2.05, 4.69) is 6.58 Å². The van der Waals surface area contributed by atoms with Crippen LogP contribution in [0.25, 0.3) is 0 Å². The molecule has 0 saturated carbocycles. The lowest BCUT2D eigenvalue weighted by Crippen LogP contribution is -2.45. The number of carbonyl (C=O) groups excluding carboxylic acids is 2. The van der Waals surface area contributed by atoms with Gasteiger partial charge in [0, 0.05) is 13.0 Å². The Labute approximate surface area is 83.2 Å². The smallest absolute Gasteiger partial charge is 0.222 e. The number of ketones is 1. The van der Waals surface area contributed by atoms with Gasteiger partial charge in [0.2, 0.25) is 5.91 Å². The van der Waals surface area contributed by atoms with Gasteiger partial charge in [-0.15, -0.1) is 0 Å². The van der Waals surface area contributed by atoms with Gasteiger partial charge in [-0.1, -0.05) is 6.58 Å². The van der Waals surface area contributed by atoms with Crippen LogP contribution < -0.4 is 0 Å². The van der Waals surface area contributed by atoms with Crippen LogP contribution in [0.5, 0.6) is 0 Å². The van der Waals surface area contributed by atoms with Gasteiger partial charge in [0.15, 0.2) is 5.78 Å². The lowest BCUT2D eigenvalue weighted by Gasteiger charge is -2.27. The molecule has 0 aliphatic carbocycles. The molecule has 0 radical (unpaired) electrons. The lowest BCUT2D eigenvalue weighted by molar-refractivity contribution is -0.134. The van der Waals surface area contributed by atoms with Gasteiger partial charge in [0.25, 0.3) is 0 Å². The topological polar surface area (TPSA) is 57.6 Å². The quantitative estimate of drug-likeness (QED) is 0.651. The van der Waals surface area contributed by atoms with Gasteiger partial charge in [0.1, 0.15) is 6.10 Å². The van der Waals surface area contributed by atoms with Crippen molar-refractivity contribution in [1.82, 2.24) is 4.90 Å². The molecule has 2 unspecified atom stereocenters. The molecule has 14 heavy (non-hydrogen) atoms. The van der Waals surface area contributed by atoms with Gasteiger partial charge in [-0.05, 0) is 19.4 Å². The Kier molecular flexibility index (Phi) is 3.41. The number of rotatable bonds is 4. The van der Waals surface area contributed by atoms with Crippen molar-refractivity contribution in [3.8, 4) is 0 Å². The maximum Gasteiger partial charge on any atom is 0.222 e. The Balaban J connectivity index is 2.63. The number of hydrogen-bond donors (Lipinski definition) is 1. The fraction of sp³-hybridized carbons (Fsp3) is 0.600. The van der Waals surface area contributed by atoms with Gasteiger partial charge in [0.05, 0.1) is 6.04 Å². The monoisotopic (exact) mass is 197 g/mol. The summed E-state index contributed by atoms with van der Waals surface area (Å²) in [6, 6.07) is -0.449. The summed E-state index contributed by atoms with van der Waals surface area (Å²) in [7, 11) is 0. The normalized spacial score (nSPS) is 20.7. The summed E-state index contributed by atoms with van der Waals surface area (Å²) in [5.74, 6) is -0.425. The summed E-state index contributed by atoms with van der Waals surface area (Å²) < 4.78 is 0. The van der Waals surface area contributed by atoms with Crippen LogP contribution >= 0.6 is 0 Å². The van der Waals surface area contributed by atoms with Crippen LogP contribution in [0.1, 0.15) is 19.8 Å². The highest BCUT2D eigenvalue weighted by atomic mass is 16.3. The van der Waals surface area contributed by atoms with Crippen molar-refractivity contribution in [2.75, 3.05) is 6.54 Å². The maximum absolute atomic E-state index is 11.3. The summed E-state index contributed by atoms with van der Waals surface area (Å²) in [5.41, 5.74) is 0. The van der Waals surface area contributed by atoms with Crippen LogP contribution in [0.3, 0.4) is 0 Å². The van der Waals surface area contributed by atoms with Gasteiger partial charge in [-0.3, -0.25) is 9.59 Å². The molecular formula is C10H15NO3. The average Bonchev–Trinajstić information content (AvgIpc) is 2.61. The predicted molar refractivity (Wildman–Crippen MR) is 51.6 cm³/mol. The van der Waals surface area contributed by atoms with E-state index in [-0.39, 0.29) is 5.91 Å². The van der Waals surface area contributed by atoms with Gasteiger partial charge in [-0.2, -0.15) is 0 Å². The van der Waals surface area contributed by atoms with Crippen molar-refractivity contribution < 1.29 is 14.7 Å². The van der Waals surface area contributed by atoms with Crippen LogP contribution in [0.4, 0.5) is 0 Å². The van der Waals surface area contributed by atoms with Crippen molar-refractivity contribution in [1.29, 1.82) is 0 Å². The average molecular weight is 197 g/mol. The first-order chi connectivity index (χ1) is 6.57. The molecule has 0 spiro atoms. The van der Waals surface area contributed by atoms with Crippen LogP contribution in [0, 0.1) is 0 Å². The molecule has 0 bridgehead atoms. The number of amides is 1. The summed E-state index contributed by atoms with van der Waals surface area (Å²) in [6.45, 7) is 5.60. The SMILES string of the molecule is C=CC(=O)C(O)C(C)N1CCCC1=O. The van der Waals surface area contributed by atoms with E-state index in [1.165, 1.54) is 0 Å². The van der Waals surface area contributed by atoms with Crippen LogP contribution in [0.15, 0.2) is 12.7 Å². The van der Waals surface area contributed by atoms with Crippen molar-refractivity contribution in [3.05, 3.63) is 12.7 Å². The van der Waals surface area contributed by atoms with Gasteiger partial charge >= 0.3 is 0 Å². The van der Waals surface area contributed by atoms with Crippen LogP contribution in [-0.4, -0.2) is 40.4 Å². The molecule has 4 nitrogen and oxygen atoms in total. The molecule has 1 rings (SSSR count). The molecule has 1 aliphatic rings. The second-order valence-corrected chi connectivity index (χ2v) is 3.48. The second-order valence-electron chi connectivity index (χ2n) is 3.48. The third-order valence-corrected chi connectivity index (χ3v) is 2.55. The molecule has 1 heterocycles. The molecule has 0 aromatic heterocycles. The third-order valence-electron chi connectivity index (χ3n) is 2.55. The lowest BCUT2D eigenvalue weighted by atomic mass is 10.1. The molecule has 1 fully saturated rings. The zero-order valence-corrected chi connectivity index (χ0v) is 8.27. The zero-order valence-electron chi connectivity index (χ0n) is 8.27. The van der Waals surface area contributed by atoms with E-state index in [4.69, 9.17) is 0 Å². The first-order valence-corrected chi connectivity index (χ1v) is 4.71. The zero-order chi connectivity index (χ0) is 10.7. The summed E-state index contributed by atoms with van der Waals surface area (Å²) in [5, 5.41) is 9.55. The number of nitrogens with zero attached hydrogens (tertiary/aromatic N) is 1. The molecule has 1 N–H and O–H groups in total. The molecule has 0 aromatic carbocycles.